The van der Waals surface area contributed by atoms with Gasteiger partial charge in [-0.3, -0.25) is 0 Å². The monoisotopic (exact) mass is 209 g/mol. The van der Waals surface area contributed by atoms with Gasteiger partial charge in [0.15, 0.2) is 0 Å². The van der Waals surface area contributed by atoms with E-state index in [1.165, 1.54) is 27.4 Å². The zero-order valence-corrected chi connectivity index (χ0v) is 9.62. The van der Waals surface area contributed by atoms with E-state index in [2.05, 4.69) is 61.3 Å². The van der Waals surface area contributed by atoms with Crippen LogP contribution in [0.3, 0.4) is 0 Å². The van der Waals surface area contributed by atoms with Crippen molar-refractivity contribution < 1.29 is 0 Å². The Kier molecular flexibility index (Phi) is 2.00. The predicted molar refractivity (Wildman–Crippen MR) is 69.9 cm³/mol. The maximum absolute atomic E-state index is 3.44. The van der Waals surface area contributed by atoms with Crippen molar-refractivity contribution in [2.45, 2.75) is 19.8 Å². The van der Waals surface area contributed by atoms with Crippen LogP contribution in [0.2, 0.25) is 0 Å². The standard InChI is InChI=1S/C15H15N/c1-10(2)11-7-8-15-13(9-11)12-5-3-4-6-14(12)16-15/h3-10,16H,1-2H3. The number of rotatable bonds is 1. The molecular formula is C15H15N. The maximum atomic E-state index is 3.44. The lowest BCUT2D eigenvalue weighted by Crippen LogP contribution is -1.85. The average Bonchev–Trinajstić information content (AvgIpc) is 2.66. The van der Waals surface area contributed by atoms with Crippen LogP contribution in [-0.4, -0.2) is 4.98 Å². The van der Waals surface area contributed by atoms with E-state index < -0.39 is 0 Å². The molecule has 0 aliphatic rings. The third-order valence-electron chi connectivity index (χ3n) is 3.20. The molecule has 0 unspecified atom stereocenters. The summed E-state index contributed by atoms with van der Waals surface area (Å²) in [5.74, 6) is 0.582. The van der Waals surface area contributed by atoms with E-state index in [0.29, 0.717) is 5.92 Å². The van der Waals surface area contributed by atoms with Crippen LogP contribution in [0.1, 0.15) is 25.3 Å². The minimum Gasteiger partial charge on any atom is -0.355 e. The molecule has 0 fully saturated rings. The molecule has 0 spiro atoms. The molecule has 0 radical (unpaired) electrons. The quantitative estimate of drug-likeness (QED) is 0.609. The molecule has 0 atom stereocenters. The van der Waals surface area contributed by atoms with Crippen LogP contribution in [0.15, 0.2) is 42.5 Å². The maximum Gasteiger partial charge on any atom is 0.0465 e. The molecule has 3 aromatic rings. The van der Waals surface area contributed by atoms with Gasteiger partial charge in [-0.25, -0.2) is 0 Å². The van der Waals surface area contributed by atoms with Gasteiger partial charge in [0.1, 0.15) is 0 Å². The van der Waals surface area contributed by atoms with E-state index in [9.17, 15) is 0 Å². The Morgan fingerprint density at radius 2 is 1.62 bits per heavy atom. The fraction of sp³-hybridized carbons (Fsp3) is 0.200. The number of benzene rings is 2. The number of hydrogen-bond donors (Lipinski definition) is 1. The first-order valence-corrected chi connectivity index (χ1v) is 5.76. The second-order valence-corrected chi connectivity index (χ2v) is 4.63. The third-order valence-corrected chi connectivity index (χ3v) is 3.20. The van der Waals surface area contributed by atoms with E-state index in [-0.39, 0.29) is 0 Å². The normalized spacial score (nSPS) is 11.7. The zero-order valence-electron chi connectivity index (χ0n) is 9.62. The van der Waals surface area contributed by atoms with Crippen molar-refractivity contribution >= 4 is 21.8 Å². The first-order chi connectivity index (χ1) is 7.75. The average molecular weight is 209 g/mol. The molecule has 3 rings (SSSR count). The zero-order chi connectivity index (χ0) is 11.1. The molecule has 0 saturated carbocycles. The van der Waals surface area contributed by atoms with Crippen molar-refractivity contribution in [2.24, 2.45) is 0 Å². The van der Waals surface area contributed by atoms with Crippen molar-refractivity contribution in [3.63, 3.8) is 0 Å². The Hall–Kier alpha value is -1.76. The van der Waals surface area contributed by atoms with Gasteiger partial charge in [-0.2, -0.15) is 0 Å². The largest absolute Gasteiger partial charge is 0.355 e. The van der Waals surface area contributed by atoms with E-state index in [1.807, 2.05) is 0 Å². The molecule has 0 aliphatic heterocycles. The topological polar surface area (TPSA) is 15.8 Å². The van der Waals surface area contributed by atoms with E-state index in [1.54, 1.807) is 0 Å². The number of hydrogen-bond acceptors (Lipinski definition) is 0. The molecule has 1 nitrogen and oxygen atoms in total. The lowest BCUT2D eigenvalue weighted by atomic mass is 10.0. The Bertz CT molecular complexity index is 647. The number of nitrogens with one attached hydrogen (secondary N) is 1. The van der Waals surface area contributed by atoms with E-state index in [4.69, 9.17) is 0 Å². The van der Waals surface area contributed by atoms with Gasteiger partial charge in [-0.05, 0) is 29.7 Å². The second kappa shape index (κ2) is 3.38. The lowest BCUT2D eigenvalue weighted by molar-refractivity contribution is 0.869. The van der Waals surface area contributed by atoms with Gasteiger partial charge in [-0.15, -0.1) is 0 Å². The molecule has 0 aliphatic carbocycles. The van der Waals surface area contributed by atoms with Crippen LogP contribution < -0.4 is 0 Å². The number of para-hydroxylation sites is 1. The van der Waals surface area contributed by atoms with Crippen molar-refractivity contribution in [1.29, 1.82) is 0 Å². The molecule has 1 aromatic heterocycles. The molecule has 1 heteroatoms. The molecule has 0 bridgehead atoms. The summed E-state index contributed by atoms with van der Waals surface area (Å²) in [6.45, 7) is 4.46. The van der Waals surface area contributed by atoms with Crippen molar-refractivity contribution in [2.75, 3.05) is 0 Å². The highest BCUT2D eigenvalue weighted by Crippen LogP contribution is 2.28. The minimum atomic E-state index is 0.582. The Morgan fingerprint density at radius 3 is 2.44 bits per heavy atom. The Morgan fingerprint density at radius 1 is 0.875 bits per heavy atom. The van der Waals surface area contributed by atoms with Gasteiger partial charge in [0, 0.05) is 21.8 Å². The van der Waals surface area contributed by atoms with Crippen LogP contribution in [0.5, 0.6) is 0 Å². The van der Waals surface area contributed by atoms with Crippen molar-refractivity contribution in [1.82, 2.24) is 4.98 Å². The first kappa shape index (κ1) is 9.46. The summed E-state index contributed by atoms with van der Waals surface area (Å²) in [7, 11) is 0. The molecule has 16 heavy (non-hydrogen) atoms. The van der Waals surface area contributed by atoms with Crippen LogP contribution in [0, 0.1) is 0 Å². The molecule has 0 amide bonds. The van der Waals surface area contributed by atoms with Crippen LogP contribution in [0.25, 0.3) is 21.8 Å². The summed E-state index contributed by atoms with van der Waals surface area (Å²) in [5, 5.41) is 2.65. The molecule has 80 valence electrons. The number of aromatic amines is 1. The summed E-state index contributed by atoms with van der Waals surface area (Å²) in [6.07, 6.45) is 0. The first-order valence-electron chi connectivity index (χ1n) is 5.76. The van der Waals surface area contributed by atoms with Gasteiger partial charge in [0.25, 0.3) is 0 Å². The SMILES string of the molecule is CC(C)c1ccc2[nH]c3ccccc3c2c1. The summed E-state index contributed by atoms with van der Waals surface area (Å²) >= 11 is 0. The smallest absolute Gasteiger partial charge is 0.0465 e. The van der Waals surface area contributed by atoms with Crippen molar-refractivity contribution in [3.8, 4) is 0 Å². The van der Waals surface area contributed by atoms with Gasteiger partial charge < -0.3 is 4.98 Å². The Balaban J connectivity index is 2.40. The van der Waals surface area contributed by atoms with Gasteiger partial charge >= 0.3 is 0 Å². The number of H-pyrrole nitrogens is 1. The third kappa shape index (κ3) is 1.32. The molecule has 1 N–H and O–H groups in total. The molecular weight excluding hydrogens is 194 g/mol. The summed E-state index contributed by atoms with van der Waals surface area (Å²) < 4.78 is 0. The molecule has 0 saturated heterocycles. The summed E-state index contributed by atoms with van der Waals surface area (Å²) in [4.78, 5) is 3.44. The van der Waals surface area contributed by atoms with Gasteiger partial charge in [0.05, 0.1) is 0 Å². The fourth-order valence-electron chi connectivity index (χ4n) is 2.22. The summed E-state index contributed by atoms with van der Waals surface area (Å²) in [5.41, 5.74) is 3.85. The predicted octanol–water partition coefficient (Wildman–Crippen LogP) is 4.44. The number of aromatic nitrogens is 1. The van der Waals surface area contributed by atoms with E-state index in [0.717, 1.165) is 0 Å². The minimum absolute atomic E-state index is 0.582. The highest BCUT2D eigenvalue weighted by molar-refractivity contribution is 6.07. The van der Waals surface area contributed by atoms with Gasteiger partial charge in [0.2, 0.25) is 0 Å². The van der Waals surface area contributed by atoms with Crippen LogP contribution >= 0.6 is 0 Å². The number of fused-ring (bicyclic) bond motifs is 3. The second-order valence-electron chi connectivity index (χ2n) is 4.63. The lowest BCUT2D eigenvalue weighted by Gasteiger charge is -2.04. The molecule has 2 aromatic carbocycles. The fourth-order valence-corrected chi connectivity index (χ4v) is 2.22. The van der Waals surface area contributed by atoms with Crippen molar-refractivity contribution in [3.05, 3.63) is 48.0 Å². The highest BCUT2D eigenvalue weighted by atomic mass is 14.7. The summed E-state index contributed by atoms with van der Waals surface area (Å²) in [6, 6.07) is 15.2. The molecule has 1 heterocycles. The van der Waals surface area contributed by atoms with E-state index >= 15 is 0 Å². The Labute approximate surface area is 95.1 Å². The van der Waals surface area contributed by atoms with Crippen LogP contribution in [0.4, 0.5) is 0 Å². The van der Waals surface area contributed by atoms with Gasteiger partial charge in [-0.1, -0.05) is 38.1 Å². The highest BCUT2D eigenvalue weighted by Gasteiger charge is 2.05. The van der Waals surface area contributed by atoms with Crippen LogP contribution in [-0.2, 0) is 0 Å².